The van der Waals surface area contributed by atoms with E-state index in [0.717, 1.165) is 12.1 Å². The van der Waals surface area contributed by atoms with Crippen molar-refractivity contribution in [1.29, 1.82) is 0 Å². The van der Waals surface area contributed by atoms with E-state index < -0.39 is 23.6 Å². The van der Waals surface area contributed by atoms with Crippen LogP contribution >= 0.6 is 11.6 Å². The number of carbonyl (C=O) groups is 1. The van der Waals surface area contributed by atoms with E-state index in [0.29, 0.717) is 21.8 Å². The number of aryl methyl sites for hydroxylation is 1. The molecule has 0 unspecified atom stereocenters. The molecular weight excluding hydrogens is 422 g/mol. The first-order valence-corrected chi connectivity index (χ1v) is 9.15. The maximum atomic E-state index is 13.1. The van der Waals surface area contributed by atoms with Crippen molar-refractivity contribution in [3.63, 3.8) is 0 Å². The van der Waals surface area contributed by atoms with Gasteiger partial charge in [0, 0.05) is 17.3 Å². The predicted molar refractivity (Wildman–Crippen MR) is 106 cm³/mol. The summed E-state index contributed by atoms with van der Waals surface area (Å²) < 4.78 is 52.4. The summed E-state index contributed by atoms with van der Waals surface area (Å²) in [6, 6.07) is 12.1. The van der Waals surface area contributed by atoms with Crippen molar-refractivity contribution in [2.75, 3.05) is 5.32 Å². The van der Waals surface area contributed by atoms with Gasteiger partial charge in [0.25, 0.3) is 5.91 Å². The molecule has 0 saturated carbocycles. The van der Waals surface area contributed by atoms with Crippen LogP contribution in [0.3, 0.4) is 0 Å². The molecule has 1 heterocycles. The second-order valence-corrected chi connectivity index (χ2v) is 6.92. The summed E-state index contributed by atoms with van der Waals surface area (Å²) in [5.41, 5.74) is 0.534. The third-order valence-corrected chi connectivity index (χ3v) is 4.48. The van der Waals surface area contributed by atoms with Crippen molar-refractivity contribution < 1.29 is 22.4 Å². The van der Waals surface area contributed by atoms with Gasteiger partial charge in [-0.3, -0.25) is 4.79 Å². The van der Waals surface area contributed by atoms with Gasteiger partial charge in [0.05, 0.1) is 5.56 Å². The molecule has 0 bridgehead atoms. The molecule has 1 aromatic heterocycles. The van der Waals surface area contributed by atoms with E-state index in [4.69, 9.17) is 11.6 Å². The Morgan fingerprint density at radius 3 is 2.43 bits per heavy atom. The van der Waals surface area contributed by atoms with E-state index in [1.165, 1.54) is 30.3 Å². The molecule has 0 saturated heterocycles. The Morgan fingerprint density at radius 2 is 1.77 bits per heavy atom. The van der Waals surface area contributed by atoms with E-state index in [9.17, 15) is 22.4 Å². The first-order chi connectivity index (χ1) is 14.1. The van der Waals surface area contributed by atoms with Crippen LogP contribution in [0.2, 0.25) is 5.02 Å². The largest absolute Gasteiger partial charge is 0.433 e. The fourth-order valence-corrected chi connectivity index (χ4v) is 2.80. The minimum absolute atomic E-state index is 0.0652. The number of alkyl halides is 3. The molecule has 3 rings (SSSR count). The first kappa shape index (κ1) is 21.6. The van der Waals surface area contributed by atoms with Crippen LogP contribution in [0.25, 0.3) is 0 Å². The van der Waals surface area contributed by atoms with Crippen LogP contribution in [0, 0.1) is 12.7 Å². The summed E-state index contributed by atoms with van der Waals surface area (Å²) >= 11 is 5.97. The highest BCUT2D eigenvalue weighted by atomic mass is 35.5. The Bertz CT molecular complexity index is 1070. The molecule has 1 amide bonds. The van der Waals surface area contributed by atoms with Gasteiger partial charge in [0.2, 0.25) is 0 Å². The second-order valence-electron chi connectivity index (χ2n) is 6.48. The topological polar surface area (TPSA) is 54.0 Å². The minimum atomic E-state index is -4.68. The molecule has 0 atom stereocenters. The number of rotatable bonds is 5. The summed E-state index contributed by atoms with van der Waals surface area (Å²) in [5.74, 6) is -1.31. The van der Waals surface area contributed by atoms with E-state index in [2.05, 4.69) is 15.6 Å². The Balaban J connectivity index is 1.91. The number of carbonyl (C=O) groups excluding carboxylic acids is 1. The SMILES string of the molecule is Cc1ccc(Cl)cc1Nc1nc(C(F)(F)F)ccc1C(=O)NCc1ccc(F)cc1. The van der Waals surface area contributed by atoms with E-state index in [1.54, 1.807) is 19.1 Å². The lowest BCUT2D eigenvalue weighted by Crippen LogP contribution is -2.24. The van der Waals surface area contributed by atoms with Gasteiger partial charge < -0.3 is 10.6 Å². The molecule has 0 radical (unpaired) electrons. The number of benzene rings is 2. The third-order valence-electron chi connectivity index (χ3n) is 4.25. The Labute approximate surface area is 174 Å². The lowest BCUT2D eigenvalue weighted by atomic mass is 10.1. The van der Waals surface area contributed by atoms with Crippen LogP contribution in [0.15, 0.2) is 54.6 Å². The van der Waals surface area contributed by atoms with Gasteiger partial charge in [0.15, 0.2) is 0 Å². The molecule has 0 fully saturated rings. The summed E-state index contributed by atoms with van der Waals surface area (Å²) in [6.07, 6.45) is -4.68. The highest BCUT2D eigenvalue weighted by Crippen LogP contribution is 2.31. The van der Waals surface area contributed by atoms with Crippen molar-refractivity contribution in [3.05, 3.63) is 87.8 Å². The standard InChI is InChI=1S/C21H16ClF4N3O/c1-12-2-5-14(22)10-17(12)28-19-16(8-9-18(29-19)21(24,25)26)20(30)27-11-13-3-6-15(23)7-4-13/h2-10H,11H2,1H3,(H,27,30)(H,28,29). The highest BCUT2D eigenvalue weighted by molar-refractivity contribution is 6.30. The van der Waals surface area contributed by atoms with E-state index >= 15 is 0 Å². The fraction of sp³-hybridized carbons (Fsp3) is 0.143. The molecule has 0 spiro atoms. The van der Waals surface area contributed by atoms with Gasteiger partial charge in [-0.05, 0) is 54.4 Å². The van der Waals surface area contributed by atoms with Gasteiger partial charge in [0.1, 0.15) is 17.3 Å². The van der Waals surface area contributed by atoms with Gasteiger partial charge in [-0.1, -0.05) is 29.8 Å². The van der Waals surface area contributed by atoms with Crippen LogP contribution < -0.4 is 10.6 Å². The Morgan fingerprint density at radius 1 is 1.07 bits per heavy atom. The molecule has 2 aromatic carbocycles. The molecule has 156 valence electrons. The molecule has 3 aromatic rings. The molecule has 4 nitrogen and oxygen atoms in total. The smallest absolute Gasteiger partial charge is 0.348 e. The highest BCUT2D eigenvalue weighted by Gasteiger charge is 2.33. The number of hydrogen-bond acceptors (Lipinski definition) is 3. The first-order valence-electron chi connectivity index (χ1n) is 8.77. The number of amides is 1. The van der Waals surface area contributed by atoms with Gasteiger partial charge in [-0.25, -0.2) is 9.37 Å². The Hall–Kier alpha value is -3.13. The number of hydrogen-bond donors (Lipinski definition) is 2. The van der Waals surface area contributed by atoms with Gasteiger partial charge >= 0.3 is 6.18 Å². The zero-order chi connectivity index (χ0) is 21.9. The number of anilines is 2. The number of nitrogens with zero attached hydrogens (tertiary/aromatic N) is 1. The quantitative estimate of drug-likeness (QED) is 0.490. The summed E-state index contributed by atoms with van der Waals surface area (Å²) in [5, 5.41) is 5.74. The van der Waals surface area contributed by atoms with Crippen molar-refractivity contribution in [2.45, 2.75) is 19.6 Å². The van der Waals surface area contributed by atoms with Crippen LogP contribution in [-0.2, 0) is 12.7 Å². The fourth-order valence-electron chi connectivity index (χ4n) is 2.63. The molecule has 2 N–H and O–H groups in total. The summed E-state index contributed by atoms with van der Waals surface area (Å²) in [6.45, 7) is 1.80. The Kier molecular flexibility index (Phi) is 6.26. The van der Waals surface area contributed by atoms with Crippen LogP contribution in [0.4, 0.5) is 29.1 Å². The molecule has 30 heavy (non-hydrogen) atoms. The number of aromatic nitrogens is 1. The lowest BCUT2D eigenvalue weighted by molar-refractivity contribution is -0.141. The average molecular weight is 438 g/mol. The van der Waals surface area contributed by atoms with Crippen molar-refractivity contribution >= 4 is 29.0 Å². The number of nitrogens with one attached hydrogen (secondary N) is 2. The van der Waals surface area contributed by atoms with Crippen LogP contribution in [0.1, 0.15) is 27.2 Å². The number of halogens is 5. The monoisotopic (exact) mass is 437 g/mol. The van der Waals surface area contributed by atoms with Gasteiger partial charge in [-0.2, -0.15) is 13.2 Å². The third kappa shape index (κ3) is 5.27. The molecule has 0 aliphatic heterocycles. The van der Waals surface area contributed by atoms with Crippen molar-refractivity contribution in [1.82, 2.24) is 10.3 Å². The van der Waals surface area contributed by atoms with Crippen molar-refractivity contribution in [3.8, 4) is 0 Å². The van der Waals surface area contributed by atoms with Gasteiger partial charge in [-0.15, -0.1) is 0 Å². The lowest BCUT2D eigenvalue weighted by Gasteiger charge is -2.16. The molecular formula is C21H16ClF4N3O. The average Bonchev–Trinajstić information content (AvgIpc) is 2.69. The molecule has 9 heteroatoms. The second kappa shape index (κ2) is 8.71. The summed E-state index contributed by atoms with van der Waals surface area (Å²) in [7, 11) is 0. The van der Waals surface area contributed by atoms with E-state index in [-0.39, 0.29) is 17.9 Å². The zero-order valence-electron chi connectivity index (χ0n) is 15.6. The number of pyridine rings is 1. The normalized spacial score (nSPS) is 11.3. The maximum Gasteiger partial charge on any atom is 0.433 e. The predicted octanol–water partition coefficient (Wildman–Crippen LogP) is 5.87. The maximum absolute atomic E-state index is 13.1. The van der Waals surface area contributed by atoms with E-state index in [1.807, 2.05) is 0 Å². The van der Waals surface area contributed by atoms with Crippen molar-refractivity contribution in [2.24, 2.45) is 0 Å². The van der Waals surface area contributed by atoms with Crippen LogP contribution in [-0.4, -0.2) is 10.9 Å². The molecule has 0 aliphatic rings. The zero-order valence-corrected chi connectivity index (χ0v) is 16.4. The minimum Gasteiger partial charge on any atom is -0.348 e. The molecule has 0 aliphatic carbocycles. The summed E-state index contributed by atoms with van der Waals surface area (Å²) in [4.78, 5) is 16.2. The van der Waals surface area contributed by atoms with Crippen LogP contribution in [0.5, 0.6) is 0 Å².